The highest BCUT2D eigenvalue weighted by molar-refractivity contribution is 7.16. The molecular formula is C14H16N4O4S. The highest BCUT2D eigenvalue weighted by atomic mass is 32.1. The van der Waals surface area contributed by atoms with Crippen molar-refractivity contribution in [1.29, 1.82) is 0 Å². The first kappa shape index (κ1) is 16.7. The van der Waals surface area contributed by atoms with Gasteiger partial charge in [0.05, 0.1) is 5.56 Å². The van der Waals surface area contributed by atoms with Crippen molar-refractivity contribution in [2.45, 2.75) is 20.4 Å². The number of amides is 2. The normalized spacial score (nSPS) is 10.6. The molecule has 9 heteroatoms. The van der Waals surface area contributed by atoms with Crippen LogP contribution >= 0.6 is 11.3 Å². The van der Waals surface area contributed by atoms with E-state index in [-0.39, 0.29) is 12.1 Å². The van der Waals surface area contributed by atoms with Crippen LogP contribution < -0.4 is 22.3 Å². The summed E-state index contributed by atoms with van der Waals surface area (Å²) in [5.74, 6) is -1.11. The van der Waals surface area contributed by atoms with E-state index in [0.717, 1.165) is 19.6 Å². The van der Waals surface area contributed by atoms with Crippen LogP contribution in [0, 0.1) is 13.8 Å². The number of primary amides is 1. The smallest absolute Gasteiger partial charge is 0.331 e. The molecule has 0 aliphatic heterocycles. The summed E-state index contributed by atoms with van der Waals surface area (Å²) in [4.78, 5) is 47.7. The second kappa shape index (κ2) is 6.21. The van der Waals surface area contributed by atoms with Crippen LogP contribution in [-0.4, -0.2) is 20.9 Å². The molecule has 2 amide bonds. The number of aryl methyl sites for hydroxylation is 1. The average Bonchev–Trinajstić information content (AvgIpc) is 2.74. The summed E-state index contributed by atoms with van der Waals surface area (Å²) < 4.78 is 2.01. The molecule has 0 atom stereocenters. The lowest BCUT2D eigenvalue weighted by atomic mass is 10.1. The lowest BCUT2D eigenvalue weighted by Gasteiger charge is -2.08. The fourth-order valence-corrected chi connectivity index (χ4v) is 3.15. The number of hydrogen-bond acceptors (Lipinski definition) is 5. The van der Waals surface area contributed by atoms with Crippen molar-refractivity contribution >= 4 is 28.2 Å². The second-order valence-electron chi connectivity index (χ2n) is 5.02. The van der Waals surface area contributed by atoms with E-state index < -0.39 is 23.1 Å². The van der Waals surface area contributed by atoms with E-state index in [9.17, 15) is 19.2 Å². The Bertz CT molecular complexity index is 906. The van der Waals surface area contributed by atoms with Crippen LogP contribution in [0.5, 0.6) is 0 Å². The fraction of sp³-hybridized carbons (Fsp3) is 0.286. The van der Waals surface area contributed by atoms with Gasteiger partial charge in [0.1, 0.15) is 11.5 Å². The molecule has 0 aliphatic rings. The maximum absolute atomic E-state index is 12.1. The number of thiophene rings is 1. The third-order valence-electron chi connectivity index (χ3n) is 3.46. The minimum absolute atomic E-state index is 0.272. The van der Waals surface area contributed by atoms with E-state index >= 15 is 0 Å². The van der Waals surface area contributed by atoms with Crippen molar-refractivity contribution in [3.63, 3.8) is 0 Å². The molecular weight excluding hydrogens is 320 g/mol. The first-order valence-corrected chi connectivity index (χ1v) is 7.50. The van der Waals surface area contributed by atoms with Crippen molar-refractivity contribution in [1.82, 2.24) is 9.13 Å². The summed E-state index contributed by atoms with van der Waals surface area (Å²) in [5.41, 5.74) is 5.28. The van der Waals surface area contributed by atoms with E-state index in [4.69, 9.17) is 5.73 Å². The zero-order valence-electron chi connectivity index (χ0n) is 12.9. The Hall–Kier alpha value is -2.68. The van der Waals surface area contributed by atoms with Crippen LogP contribution in [0.25, 0.3) is 0 Å². The molecule has 0 aromatic carbocycles. The average molecular weight is 336 g/mol. The van der Waals surface area contributed by atoms with Gasteiger partial charge < -0.3 is 11.1 Å². The number of anilines is 1. The van der Waals surface area contributed by atoms with Crippen LogP contribution in [0.15, 0.2) is 21.9 Å². The molecule has 0 saturated heterocycles. The Kier molecular flexibility index (Phi) is 4.50. The number of nitrogens with two attached hydrogens (primary N) is 1. The Balaban J connectivity index is 2.26. The summed E-state index contributed by atoms with van der Waals surface area (Å²) >= 11 is 1.24. The third kappa shape index (κ3) is 3.24. The lowest BCUT2D eigenvalue weighted by Crippen LogP contribution is -2.39. The molecule has 2 heterocycles. The SMILES string of the molecule is Cc1sc(NC(=O)Cn2ccc(=O)n(C)c2=O)c(C(N)=O)c1C. The van der Waals surface area contributed by atoms with Crippen molar-refractivity contribution in [3.05, 3.63) is 49.1 Å². The van der Waals surface area contributed by atoms with Gasteiger partial charge in [-0.15, -0.1) is 11.3 Å². The minimum Gasteiger partial charge on any atom is -0.365 e. The van der Waals surface area contributed by atoms with Gasteiger partial charge in [-0.3, -0.25) is 23.5 Å². The monoisotopic (exact) mass is 336 g/mol. The molecule has 0 fully saturated rings. The third-order valence-corrected chi connectivity index (χ3v) is 4.58. The van der Waals surface area contributed by atoms with Crippen molar-refractivity contribution < 1.29 is 9.59 Å². The Morgan fingerprint density at radius 1 is 1.30 bits per heavy atom. The predicted molar refractivity (Wildman–Crippen MR) is 86.9 cm³/mol. The van der Waals surface area contributed by atoms with E-state index in [2.05, 4.69) is 5.32 Å². The molecule has 2 aromatic rings. The number of carbonyl (C=O) groups excluding carboxylic acids is 2. The molecule has 3 N–H and O–H groups in total. The summed E-state index contributed by atoms with van der Waals surface area (Å²) in [6.07, 6.45) is 1.25. The van der Waals surface area contributed by atoms with Gasteiger partial charge in [-0.25, -0.2) is 4.79 Å². The van der Waals surface area contributed by atoms with Gasteiger partial charge in [0.15, 0.2) is 0 Å². The van der Waals surface area contributed by atoms with Crippen molar-refractivity contribution in [2.24, 2.45) is 12.8 Å². The molecule has 2 aromatic heterocycles. The Labute approximate surface area is 135 Å². The summed E-state index contributed by atoms with van der Waals surface area (Å²) in [7, 11) is 1.33. The van der Waals surface area contributed by atoms with Gasteiger partial charge >= 0.3 is 5.69 Å². The standard InChI is InChI=1S/C14H16N4O4S/c1-7-8(2)23-13(11(7)12(15)21)16-9(19)6-18-5-4-10(20)17(3)14(18)22/h4-5H,6H2,1-3H3,(H2,15,21)(H,16,19). The van der Waals surface area contributed by atoms with E-state index in [1.165, 1.54) is 30.6 Å². The fourth-order valence-electron chi connectivity index (χ4n) is 2.07. The van der Waals surface area contributed by atoms with Gasteiger partial charge in [-0.05, 0) is 19.4 Å². The van der Waals surface area contributed by atoms with Crippen LogP contribution in [0.1, 0.15) is 20.8 Å². The van der Waals surface area contributed by atoms with Gasteiger partial charge in [0, 0.05) is 24.2 Å². The van der Waals surface area contributed by atoms with Crippen LogP contribution in [0.2, 0.25) is 0 Å². The quantitative estimate of drug-likeness (QED) is 0.815. The maximum atomic E-state index is 12.1. The van der Waals surface area contributed by atoms with Crippen LogP contribution in [0.4, 0.5) is 5.00 Å². The molecule has 0 aliphatic carbocycles. The number of aromatic nitrogens is 2. The van der Waals surface area contributed by atoms with E-state index in [1.54, 1.807) is 6.92 Å². The highest BCUT2D eigenvalue weighted by Crippen LogP contribution is 2.31. The number of hydrogen-bond donors (Lipinski definition) is 2. The van der Waals surface area contributed by atoms with E-state index in [0.29, 0.717) is 5.00 Å². The summed E-state index contributed by atoms with van der Waals surface area (Å²) in [6.45, 7) is 3.29. The predicted octanol–water partition coefficient (Wildman–Crippen LogP) is -0.0371. The van der Waals surface area contributed by atoms with Gasteiger partial charge in [-0.2, -0.15) is 0 Å². The van der Waals surface area contributed by atoms with Crippen LogP contribution in [-0.2, 0) is 18.4 Å². The largest absolute Gasteiger partial charge is 0.365 e. The highest BCUT2D eigenvalue weighted by Gasteiger charge is 2.19. The van der Waals surface area contributed by atoms with Crippen molar-refractivity contribution in [3.8, 4) is 0 Å². The number of carbonyl (C=O) groups is 2. The first-order chi connectivity index (χ1) is 10.7. The zero-order valence-corrected chi connectivity index (χ0v) is 13.7. The van der Waals surface area contributed by atoms with Gasteiger partial charge in [-0.1, -0.05) is 0 Å². The first-order valence-electron chi connectivity index (χ1n) is 6.68. The Morgan fingerprint density at radius 3 is 2.57 bits per heavy atom. The topological polar surface area (TPSA) is 116 Å². The lowest BCUT2D eigenvalue weighted by molar-refractivity contribution is -0.116. The number of rotatable bonds is 4. The minimum atomic E-state index is -0.624. The molecule has 8 nitrogen and oxygen atoms in total. The molecule has 2 rings (SSSR count). The zero-order chi connectivity index (χ0) is 17.3. The van der Waals surface area contributed by atoms with Crippen molar-refractivity contribution in [2.75, 3.05) is 5.32 Å². The maximum Gasteiger partial charge on any atom is 0.331 e. The second-order valence-corrected chi connectivity index (χ2v) is 6.25. The molecule has 0 bridgehead atoms. The molecule has 23 heavy (non-hydrogen) atoms. The summed E-state index contributed by atoms with van der Waals surface area (Å²) in [5, 5.41) is 2.95. The number of nitrogens with one attached hydrogen (secondary N) is 1. The van der Waals surface area contributed by atoms with Gasteiger partial charge in [0.2, 0.25) is 5.91 Å². The molecule has 122 valence electrons. The van der Waals surface area contributed by atoms with Crippen LogP contribution in [0.3, 0.4) is 0 Å². The summed E-state index contributed by atoms with van der Waals surface area (Å²) in [6, 6.07) is 1.20. The molecule has 0 spiro atoms. The van der Waals surface area contributed by atoms with Gasteiger partial charge in [0.25, 0.3) is 11.5 Å². The molecule has 0 unspecified atom stereocenters. The Morgan fingerprint density at radius 2 is 1.96 bits per heavy atom. The number of nitrogens with zero attached hydrogens (tertiary/aromatic N) is 2. The molecule has 0 saturated carbocycles. The molecule has 0 radical (unpaired) electrons. The van der Waals surface area contributed by atoms with E-state index in [1.807, 2.05) is 6.92 Å².